The van der Waals surface area contributed by atoms with Gasteiger partial charge >= 0.3 is 0 Å². The quantitative estimate of drug-likeness (QED) is 0.886. The molecule has 3 nitrogen and oxygen atoms in total. The molecular formula is C14H20F2N2O. The average Bonchev–Trinajstić information content (AvgIpc) is 2.45. The first kappa shape index (κ1) is 14.2. The minimum absolute atomic E-state index is 0.0165. The van der Waals surface area contributed by atoms with E-state index >= 15 is 0 Å². The van der Waals surface area contributed by atoms with Crippen LogP contribution < -0.4 is 10.1 Å². The third-order valence-corrected chi connectivity index (χ3v) is 3.47. The average molecular weight is 270 g/mol. The Kier molecular flexibility index (Phi) is 5.10. The molecule has 1 aromatic rings. The maximum atomic E-state index is 12.6. The van der Waals surface area contributed by atoms with E-state index in [0.29, 0.717) is 5.75 Å². The molecule has 1 fully saturated rings. The van der Waals surface area contributed by atoms with Crippen LogP contribution in [-0.2, 0) is 6.42 Å². The molecule has 0 unspecified atom stereocenters. The molecule has 0 radical (unpaired) electrons. The first-order chi connectivity index (χ1) is 9.20. The van der Waals surface area contributed by atoms with Crippen LogP contribution in [0.3, 0.4) is 0 Å². The van der Waals surface area contributed by atoms with Crippen molar-refractivity contribution in [1.29, 1.82) is 0 Å². The standard InChI is InChI=1S/C14H20F2N2O/c1-19-13-10-12(14(15)16)3-2-11(13)4-7-18-8-5-17-6-9-18/h2-3,10,14,17H,4-9H2,1H3. The molecule has 1 N–H and O–H groups in total. The fourth-order valence-corrected chi connectivity index (χ4v) is 2.32. The molecule has 0 atom stereocenters. The molecule has 0 bridgehead atoms. The van der Waals surface area contributed by atoms with Crippen molar-refractivity contribution in [3.8, 4) is 5.75 Å². The number of alkyl halides is 2. The Bertz CT molecular complexity index is 406. The number of benzene rings is 1. The molecule has 0 spiro atoms. The van der Waals surface area contributed by atoms with Crippen molar-refractivity contribution in [3.63, 3.8) is 0 Å². The van der Waals surface area contributed by atoms with Gasteiger partial charge in [0, 0.05) is 38.3 Å². The third-order valence-electron chi connectivity index (χ3n) is 3.47. The number of methoxy groups -OCH3 is 1. The first-order valence-electron chi connectivity index (χ1n) is 6.58. The smallest absolute Gasteiger partial charge is 0.263 e. The van der Waals surface area contributed by atoms with E-state index in [2.05, 4.69) is 10.2 Å². The van der Waals surface area contributed by atoms with Crippen LogP contribution in [0.4, 0.5) is 8.78 Å². The highest BCUT2D eigenvalue weighted by atomic mass is 19.3. The van der Waals surface area contributed by atoms with Crippen LogP contribution in [0.5, 0.6) is 5.75 Å². The summed E-state index contributed by atoms with van der Waals surface area (Å²) in [7, 11) is 1.53. The van der Waals surface area contributed by atoms with E-state index in [-0.39, 0.29) is 5.56 Å². The summed E-state index contributed by atoms with van der Waals surface area (Å²) < 4.78 is 30.5. The fourth-order valence-electron chi connectivity index (χ4n) is 2.32. The predicted molar refractivity (Wildman–Crippen MR) is 71.0 cm³/mol. The van der Waals surface area contributed by atoms with Crippen LogP contribution in [0.15, 0.2) is 18.2 Å². The van der Waals surface area contributed by atoms with Gasteiger partial charge in [0.1, 0.15) is 5.75 Å². The normalized spacial score (nSPS) is 16.8. The van der Waals surface area contributed by atoms with Gasteiger partial charge < -0.3 is 15.0 Å². The Morgan fingerprint density at radius 3 is 2.68 bits per heavy atom. The SMILES string of the molecule is COc1cc(C(F)F)ccc1CCN1CCNCC1. The summed E-state index contributed by atoms with van der Waals surface area (Å²) in [5.41, 5.74) is 1.01. The fraction of sp³-hybridized carbons (Fsp3) is 0.571. The molecular weight excluding hydrogens is 250 g/mol. The first-order valence-corrected chi connectivity index (χ1v) is 6.58. The Hall–Kier alpha value is -1.20. The maximum Gasteiger partial charge on any atom is 0.263 e. The second kappa shape index (κ2) is 6.82. The Labute approximate surface area is 112 Å². The van der Waals surface area contributed by atoms with Gasteiger partial charge in [-0.05, 0) is 18.1 Å². The van der Waals surface area contributed by atoms with Gasteiger partial charge in [-0.3, -0.25) is 0 Å². The van der Waals surface area contributed by atoms with Crippen molar-refractivity contribution in [1.82, 2.24) is 10.2 Å². The molecule has 1 aliphatic heterocycles. The monoisotopic (exact) mass is 270 g/mol. The Morgan fingerprint density at radius 2 is 2.05 bits per heavy atom. The molecule has 5 heteroatoms. The molecule has 19 heavy (non-hydrogen) atoms. The van der Waals surface area contributed by atoms with Crippen molar-refractivity contribution >= 4 is 0 Å². The maximum absolute atomic E-state index is 12.6. The lowest BCUT2D eigenvalue weighted by atomic mass is 10.1. The summed E-state index contributed by atoms with van der Waals surface area (Å²) in [6, 6.07) is 4.68. The van der Waals surface area contributed by atoms with E-state index in [4.69, 9.17) is 4.74 Å². The number of hydrogen-bond donors (Lipinski definition) is 1. The van der Waals surface area contributed by atoms with E-state index in [9.17, 15) is 8.78 Å². The molecule has 0 aromatic heterocycles. The summed E-state index contributed by atoms with van der Waals surface area (Å²) in [4.78, 5) is 2.37. The van der Waals surface area contributed by atoms with E-state index in [0.717, 1.165) is 44.7 Å². The molecule has 1 saturated heterocycles. The van der Waals surface area contributed by atoms with Crippen LogP contribution in [-0.4, -0.2) is 44.7 Å². The van der Waals surface area contributed by atoms with Crippen molar-refractivity contribution in [2.75, 3.05) is 39.8 Å². The zero-order valence-electron chi connectivity index (χ0n) is 11.2. The van der Waals surface area contributed by atoms with Gasteiger partial charge in [-0.1, -0.05) is 12.1 Å². The van der Waals surface area contributed by atoms with Gasteiger partial charge in [0.2, 0.25) is 0 Å². The molecule has 1 aliphatic rings. The summed E-state index contributed by atoms with van der Waals surface area (Å²) in [6.45, 7) is 5.05. The minimum atomic E-state index is -2.45. The van der Waals surface area contributed by atoms with Crippen LogP contribution in [0.2, 0.25) is 0 Å². The zero-order chi connectivity index (χ0) is 13.7. The third kappa shape index (κ3) is 3.88. The number of piperazine rings is 1. The van der Waals surface area contributed by atoms with Crippen LogP contribution in [0, 0.1) is 0 Å². The number of nitrogens with one attached hydrogen (secondary N) is 1. The lowest BCUT2D eigenvalue weighted by Gasteiger charge is -2.27. The Balaban J connectivity index is 1.98. The Morgan fingerprint density at radius 1 is 1.32 bits per heavy atom. The molecule has 0 saturated carbocycles. The molecule has 2 rings (SSSR count). The van der Waals surface area contributed by atoms with Gasteiger partial charge in [0.25, 0.3) is 6.43 Å². The van der Waals surface area contributed by atoms with Gasteiger partial charge in [-0.15, -0.1) is 0 Å². The zero-order valence-corrected chi connectivity index (χ0v) is 11.2. The largest absolute Gasteiger partial charge is 0.496 e. The number of hydrogen-bond acceptors (Lipinski definition) is 3. The molecule has 1 aromatic carbocycles. The highest BCUT2D eigenvalue weighted by Crippen LogP contribution is 2.27. The van der Waals surface area contributed by atoms with E-state index < -0.39 is 6.43 Å². The van der Waals surface area contributed by atoms with Crippen molar-refractivity contribution in [2.45, 2.75) is 12.8 Å². The summed E-state index contributed by atoms with van der Waals surface area (Å²) in [5, 5.41) is 3.31. The van der Waals surface area contributed by atoms with Crippen molar-refractivity contribution in [2.24, 2.45) is 0 Å². The second-order valence-electron chi connectivity index (χ2n) is 4.71. The van der Waals surface area contributed by atoms with E-state index in [1.807, 2.05) is 0 Å². The number of rotatable bonds is 5. The molecule has 106 valence electrons. The lowest BCUT2D eigenvalue weighted by Crippen LogP contribution is -2.44. The number of nitrogens with zero attached hydrogens (tertiary/aromatic N) is 1. The second-order valence-corrected chi connectivity index (χ2v) is 4.71. The van der Waals surface area contributed by atoms with Crippen molar-refractivity contribution in [3.05, 3.63) is 29.3 Å². The predicted octanol–water partition coefficient (Wildman–Crippen LogP) is 2.08. The van der Waals surface area contributed by atoms with Crippen LogP contribution in [0.1, 0.15) is 17.6 Å². The molecule has 0 aliphatic carbocycles. The van der Waals surface area contributed by atoms with Gasteiger partial charge in [-0.2, -0.15) is 0 Å². The summed E-state index contributed by atoms with van der Waals surface area (Å²) in [6.07, 6.45) is -1.62. The lowest BCUT2D eigenvalue weighted by molar-refractivity contribution is 0.151. The summed E-state index contributed by atoms with van der Waals surface area (Å²) in [5.74, 6) is 0.563. The van der Waals surface area contributed by atoms with E-state index in [1.54, 1.807) is 6.07 Å². The van der Waals surface area contributed by atoms with Gasteiger partial charge in [0.15, 0.2) is 0 Å². The van der Waals surface area contributed by atoms with Gasteiger partial charge in [0.05, 0.1) is 7.11 Å². The minimum Gasteiger partial charge on any atom is -0.496 e. The number of ether oxygens (including phenoxy) is 1. The molecule has 1 heterocycles. The van der Waals surface area contributed by atoms with Gasteiger partial charge in [-0.25, -0.2) is 8.78 Å². The topological polar surface area (TPSA) is 24.5 Å². The van der Waals surface area contributed by atoms with E-state index in [1.165, 1.54) is 19.2 Å². The van der Waals surface area contributed by atoms with Crippen molar-refractivity contribution < 1.29 is 13.5 Å². The highest BCUT2D eigenvalue weighted by Gasteiger charge is 2.13. The molecule has 0 amide bonds. The number of halogens is 2. The highest BCUT2D eigenvalue weighted by molar-refractivity contribution is 5.38. The summed E-state index contributed by atoms with van der Waals surface area (Å²) >= 11 is 0. The van der Waals surface area contributed by atoms with Crippen LogP contribution >= 0.6 is 0 Å². The van der Waals surface area contributed by atoms with Crippen LogP contribution in [0.25, 0.3) is 0 Å².